The van der Waals surface area contributed by atoms with Crippen LogP contribution in [0.5, 0.6) is 0 Å². The monoisotopic (exact) mass is 294 g/mol. The van der Waals surface area contributed by atoms with Crippen molar-refractivity contribution in [2.45, 2.75) is 31.5 Å². The minimum Gasteiger partial charge on any atom is -0.399 e. The number of rotatable bonds is 5. The Bertz CT molecular complexity index is 648. The first-order valence-electron chi connectivity index (χ1n) is 6.26. The average Bonchev–Trinajstić information content (AvgIpc) is 2.92. The lowest BCUT2D eigenvalue weighted by Crippen LogP contribution is -2.36. The van der Waals surface area contributed by atoms with Crippen molar-refractivity contribution in [3.8, 4) is 0 Å². The summed E-state index contributed by atoms with van der Waals surface area (Å²) in [5.41, 5.74) is 7.17. The number of H-pyrrole nitrogens is 1. The predicted octanol–water partition coefficient (Wildman–Crippen LogP) is 1.59. The maximum absolute atomic E-state index is 12.5. The first-order chi connectivity index (χ1) is 9.41. The number of aromatic nitrogens is 2. The molecule has 1 aromatic carbocycles. The van der Waals surface area contributed by atoms with Gasteiger partial charge in [0.25, 0.3) is 10.0 Å². The van der Waals surface area contributed by atoms with Crippen molar-refractivity contribution < 1.29 is 8.42 Å². The van der Waals surface area contributed by atoms with Crippen LogP contribution in [0.1, 0.15) is 19.4 Å². The third-order valence-corrected chi connectivity index (χ3v) is 4.90. The molecule has 0 unspecified atom stereocenters. The Balaban J connectivity index is 2.30. The van der Waals surface area contributed by atoms with E-state index in [1.807, 2.05) is 26.0 Å². The van der Waals surface area contributed by atoms with Crippen LogP contribution in [0, 0.1) is 0 Å². The molecule has 0 saturated carbocycles. The standard InChI is InChI=1S/C13H18N4O2S/c1-10(2)17(8-11-3-5-12(14)6-4-11)20(18,19)13-7-15-9-16-13/h3-7,9-10H,8,14H2,1-2H3,(H,15,16). The van der Waals surface area contributed by atoms with Gasteiger partial charge in [0.2, 0.25) is 0 Å². The lowest BCUT2D eigenvalue weighted by atomic mass is 10.2. The van der Waals surface area contributed by atoms with Crippen molar-refractivity contribution in [2.24, 2.45) is 0 Å². The summed E-state index contributed by atoms with van der Waals surface area (Å²) in [6, 6.07) is 7.01. The Morgan fingerprint density at radius 2 is 1.95 bits per heavy atom. The van der Waals surface area contributed by atoms with E-state index < -0.39 is 10.0 Å². The van der Waals surface area contributed by atoms with Crippen LogP contribution in [0.4, 0.5) is 5.69 Å². The van der Waals surface area contributed by atoms with Crippen LogP contribution in [0.25, 0.3) is 0 Å². The van der Waals surface area contributed by atoms with Crippen LogP contribution in [0.2, 0.25) is 0 Å². The number of hydrogen-bond donors (Lipinski definition) is 2. The normalized spacial score (nSPS) is 12.2. The van der Waals surface area contributed by atoms with Crippen molar-refractivity contribution in [1.82, 2.24) is 14.3 Å². The van der Waals surface area contributed by atoms with Gasteiger partial charge in [-0.15, -0.1) is 0 Å². The van der Waals surface area contributed by atoms with Gasteiger partial charge in [-0.1, -0.05) is 12.1 Å². The first kappa shape index (κ1) is 14.5. The van der Waals surface area contributed by atoms with E-state index in [1.165, 1.54) is 16.8 Å². The second-order valence-electron chi connectivity index (χ2n) is 4.80. The summed E-state index contributed by atoms with van der Waals surface area (Å²) in [5.74, 6) is 0. The van der Waals surface area contributed by atoms with E-state index in [4.69, 9.17) is 5.73 Å². The Hall–Kier alpha value is -1.86. The van der Waals surface area contributed by atoms with E-state index in [-0.39, 0.29) is 11.1 Å². The van der Waals surface area contributed by atoms with Crippen LogP contribution in [-0.2, 0) is 16.6 Å². The molecule has 6 nitrogen and oxygen atoms in total. The molecule has 0 spiro atoms. The lowest BCUT2D eigenvalue weighted by Gasteiger charge is -2.25. The second-order valence-corrected chi connectivity index (χ2v) is 6.66. The van der Waals surface area contributed by atoms with Crippen LogP contribution in [0.3, 0.4) is 0 Å². The third-order valence-electron chi connectivity index (χ3n) is 2.95. The molecule has 1 aromatic heterocycles. The molecule has 2 rings (SSSR count). The molecule has 0 amide bonds. The van der Waals surface area contributed by atoms with Gasteiger partial charge in [0.1, 0.15) is 0 Å². The summed E-state index contributed by atoms with van der Waals surface area (Å²) in [6.07, 6.45) is 2.67. The summed E-state index contributed by atoms with van der Waals surface area (Å²) in [4.78, 5) is 6.42. The molecule has 3 N–H and O–H groups in total. The Labute approximate surface area is 118 Å². The van der Waals surface area contributed by atoms with Crippen molar-refractivity contribution in [3.63, 3.8) is 0 Å². The Kier molecular flexibility index (Phi) is 4.10. The molecule has 20 heavy (non-hydrogen) atoms. The van der Waals surface area contributed by atoms with Crippen molar-refractivity contribution in [1.29, 1.82) is 0 Å². The highest BCUT2D eigenvalue weighted by Gasteiger charge is 2.28. The van der Waals surface area contributed by atoms with Gasteiger partial charge >= 0.3 is 0 Å². The van der Waals surface area contributed by atoms with E-state index in [0.717, 1.165) is 5.56 Å². The lowest BCUT2D eigenvalue weighted by molar-refractivity contribution is 0.347. The van der Waals surface area contributed by atoms with Crippen LogP contribution >= 0.6 is 0 Å². The number of hydrogen-bond acceptors (Lipinski definition) is 4. The van der Waals surface area contributed by atoms with Gasteiger partial charge < -0.3 is 10.7 Å². The molecule has 0 fully saturated rings. The highest BCUT2D eigenvalue weighted by atomic mass is 32.2. The average molecular weight is 294 g/mol. The summed E-state index contributed by atoms with van der Waals surface area (Å²) >= 11 is 0. The molecule has 0 aliphatic carbocycles. The molecule has 0 radical (unpaired) electrons. The fourth-order valence-corrected chi connectivity index (χ4v) is 3.38. The van der Waals surface area contributed by atoms with E-state index in [1.54, 1.807) is 12.1 Å². The predicted molar refractivity (Wildman–Crippen MR) is 77.3 cm³/mol. The molecule has 1 heterocycles. The first-order valence-corrected chi connectivity index (χ1v) is 7.70. The summed E-state index contributed by atoms with van der Waals surface area (Å²) < 4.78 is 26.5. The smallest absolute Gasteiger partial charge is 0.260 e. The maximum atomic E-state index is 12.5. The van der Waals surface area contributed by atoms with E-state index >= 15 is 0 Å². The van der Waals surface area contributed by atoms with Gasteiger partial charge in [0, 0.05) is 18.3 Å². The molecule has 0 atom stereocenters. The summed E-state index contributed by atoms with van der Waals surface area (Å²) in [5, 5.41) is 0.0987. The Morgan fingerprint density at radius 3 is 2.45 bits per heavy atom. The van der Waals surface area contributed by atoms with Gasteiger partial charge in [-0.2, -0.15) is 4.31 Å². The summed E-state index contributed by atoms with van der Waals surface area (Å²) in [6.45, 7) is 3.97. The molecule has 0 aliphatic rings. The SMILES string of the molecule is CC(C)N(Cc1ccc(N)cc1)S(=O)(=O)c1cnc[nH]1. The molecule has 2 aromatic rings. The van der Waals surface area contributed by atoms with E-state index in [9.17, 15) is 8.42 Å². The van der Waals surface area contributed by atoms with Gasteiger partial charge in [-0.25, -0.2) is 13.4 Å². The number of anilines is 1. The Morgan fingerprint density at radius 1 is 1.30 bits per heavy atom. The fourth-order valence-electron chi connectivity index (χ4n) is 1.86. The zero-order valence-electron chi connectivity index (χ0n) is 11.4. The van der Waals surface area contributed by atoms with E-state index in [0.29, 0.717) is 12.2 Å². The molecule has 0 aliphatic heterocycles. The van der Waals surface area contributed by atoms with Gasteiger partial charge in [-0.05, 0) is 31.5 Å². The molecule has 7 heteroatoms. The number of aromatic amines is 1. The quantitative estimate of drug-likeness (QED) is 0.819. The molecule has 108 valence electrons. The number of imidazole rings is 1. The number of nitrogen functional groups attached to an aromatic ring is 1. The van der Waals surface area contributed by atoms with E-state index in [2.05, 4.69) is 9.97 Å². The molecule has 0 bridgehead atoms. The second kappa shape index (κ2) is 5.64. The maximum Gasteiger partial charge on any atom is 0.260 e. The number of nitrogens with zero attached hydrogens (tertiary/aromatic N) is 2. The van der Waals surface area contributed by atoms with Gasteiger partial charge in [-0.3, -0.25) is 0 Å². The zero-order valence-corrected chi connectivity index (χ0v) is 12.3. The van der Waals surface area contributed by atoms with Gasteiger partial charge in [0.05, 0.1) is 12.5 Å². The van der Waals surface area contributed by atoms with Crippen LogP contribution in [-0.4, -0.2) is 28.7 Å². The minimum atomic E-state index is -3.58. The fraction of sp³-hybridized carbons (Fsp3) is 0.308. The number of nitrogens with one attached hydrogen (secondary N) is 1. The molecular formula is C13H18N4O2S. The van der Waals surface area contributed by atoms with Crippen LogP contribution < -0.4 is 5.73 Å². The highest BCUT2D eigenvalue weighted by Crippen LogP contribution is 2.19. The third kappa shape index (κ3) is 3.00. The van der Waals surface area contributed by atoms with Gasteiger partial charge in [0.15, 0.2) is 5.03 Å². The summed E-state index contributed by atoms with van der Waals surface area (Å²) in [7, 11) is -3.58. The minimum absolute atomic E-state index is 0.0987. The topological polar surface area (TPSA) is 92.1 Å². The van der Waals surface area contributed by atoms with Crippen molar-refractivity contribution in [2.75, 3.05) is 5.73 Å². The van der Waals surface area contributed by atoms with Crippen molar-refractivity contribution >= 4 is 15.7 Å². The number of benzene rings is 1. The molecule has 0 saturated heterocycles. The number of sulfonamides is 1. The number of nitrogens with two attached hydrogens (primary N) is 1. The zero-order chi connectivity index (χ0) is 14.8. The molecular weight excluding hydrogens is 276 g/mol. The largest absolute Gasteiger partial charge is 0.399 e. The van der Waals surface area contributed by atoms with Crippen LogP contribution in [0.15, 0.2) is 41.8 Å². The van der Waals surface area contributed by atoms with Crippen molar-refractivity contribution in [3.05, 3.63) is 42.4 Å². The highest BCUT2D eigenvalue weighted by molar-refractivity contribution is 7.89.